The first-order valence-corrected chi connectivity index (χ1v) is 8.60. The van der Waals surface area contributed by atoms with Crippen LogP contribution in [-0.4, -0.2) is 60.0 Å². The number of hydrogen-bond donors (Lipinski definition) is 0. The van der Waals surface area contributed by atoms with Crippen molar-refractivity contribution in [3.05, 3.63) is 16.3 Å². The molecule has 0 unspecified atom stereocenters. The smallest absolute Gasteiger partial charge is 0.348 e. The lowest BCUT2D eigenvalue weighted by Crippen LogP contribution is -2.48. The van der Waals surface area contributed by atoms with Crippen LogP contribution < -0.4 is 4.90 Å². The molecule has 2 aromatic rings. The number of carbonyl (C=O) groups excluding carboxylic acids is 2. The second kappa shape index (κ2) is 6.35. The highest BCUT2D eigenvalue weighted by Gasteiger charge is 2.25. The van der Waals surface area contributed by atoms with Crippen molar-refractivity contribution in [3.8, 4) is 0 Å². The Morgan fingerprint density at radius 1 is 1.12 bits per heavy atom. The lowest BCUT2D eigenvalue weighted by Gasteiger charge is -2.35. The van der Waals surface area contributed by atoms with Crippen LogP contribution in [0.3, 0.4) is 0 Å². The Kier molecular flexibility index (Phi) is 4.40. The summed E-state index contributed by atoms with van der Waals surface area (Å²) in [5.74, 6) is 1.26. The van der Waals surface area contributed by atoms with E-state index in [1.54, 1.807) is 6.92 Å². The van der Waals surface area contributed by atoms with Crippen LogP contribution in [0.5, 0.6) is 0 Å². The van der Waals surface area contributed by atoms with Crippen molar-refractivity contribution in [1.29, 1.82) is 0 Å². The molecule has 1 aliphatic heterocycles. The molecular weight excluding hydrogens is 328 g/mol. The Bertz CT molecular complexity index is 809. The van der Waals surface area contributed by atoms with Crippen molar-refractivity contribution in [2.75, 3.05) is 38.2 Å². The summed E-state index contributed by atoms with van der Waals surface area (Å²) < 4.78 is 4.87. The summed E-state index contributed by atoms with van der Waals surface area (Å²) in [6.45, 7) is 8.12. The lowest BCUT2D eigenvalue weighted by molar-refractivity contribution is -0.129. The SMILES string of the molecule is COC(=O)c1sc2nc(C)nc(N3CCN(C(C)=O)CC3)c2c1C. The Hall–Kier alpha value is -2.22. The van der Waals surface area contributed by atoms with Crippen molar-refractivity contribution in [2.24, 2.45) is 0 Å². The molecule has 0 bridgehead atoms. The quantitative estimate of drug-likeness (QED) is 0.770. The second-order valence-electron chi connectivity index (χ2n) is 5.82. The molecule has 0 atom stereocenters. The zero-order valence-electron chi connectivity index (χ0n) is 14.3. The predicted octanol–water partition coefficient (Wildman–Crippen LogP) is 1.76. The number of methoxy groups -OCH3 is 1. The molecule has 3 heterocycles. The van der Waals surface area contributed by atoms with E-state index in [2.05, 4.69) is 14.9 Å². The van der Waals surface area contributed by atoms with Crippen molar-refractivity contribution < 1.29 is 14.3 Å². The first-order chi connectivity index (χ1) is 11.4. The Morgan fingerprint density at radius 3 is 2.38 bits per heavy atom. The van der Waals surface area contributed by atoms with E-state index in [4.69, 9.17) is 4.74 Å². The zero-order chi connectivity index (χ0) is 17.4. The topological polar surface area (TPSA) is 75.6 Å². The van der Waals surface area contributed by atoms with Gasteiger partial charge in [0.25, 0.3) is 0 Å². The van der Waals surface area contributed by atoms with Gasteiger partial charge in [0.15, 0.2) is 0 Å². The third-order valence-corrected chi connectivity index (χ3v) is 5.44. The van der Waals surface area contributed by atoms with Crippen LogP contribution in [0, 0.1) is 13.8 Å². The van der Waals surface area contributed by atoms with Gasteiger partial charge in [0.1, 0.15) is 21.3 Å². The van der Waals surface area contributed by atoms with Crippen LogP contribution >= 0.6 is 11.3 Å². The van der Waals surface area contributed by atoms with E-state index < -0.39 is 0 Å². The molecule has 24 heavy (non-hydrogen) atoms. The van der Waals surface area contributed by atoms with E-state index in [0.29, 0.717) is 36.9 Å². The molecule has 1 amide bonds. The van der Waals surface area contributed by atoms with Crippen LogP contribution in [0.2, 0.25) is 0 Å². The molecule has 128 valence electrons. The first kappa shape index (κ1) is 16.6. The summed E-state index contributed by atoms with van der Waals surface area (Å²) in [6.07, 6.45) is 0. The summed E-state index contributed by atoms with van der Waals surface area (Å²) in [5.41, 5.74) is 0.853. The monoisotopic (exact) mass is 348 g/mol. The molecule has 0 N–H and O–H groups in total. The average Bonchev–Trinajstić information content (AvgIpc) is 2.90. The third kappa shape index (κ3) is 2.82. The Labute approximate surface area is 144 Å². The van der Waals surface area contributed by atoms with Crippen molar-refractivity contribution in [3.63, 3.8) is 0 Å². The number of anilines is 1. The van der Waals surface area contributed by atoms with Gasteiger partial charge in [0.2, 0.25) is 5.91 Å². The highest BCUT2D eigenvalue weighted by molar-refractivity contribution is 7.20. The number of carbonyl (C=O) groups is 2. The van der Waals surface area contributed by atoms with Crippen LogP contribution in [0.1, 0.15) is 28.0 Å². The first-order valence-electron chi connectivity index (χ1n) is 7.79. The molecule has 1 aliphatic rings. The van der Waals surface area contributed by atoms with Crippen molar-refractivity contribution >= 4 is 39.2 Å². The Morgan fingerprint density at radius 2 is 1.79 bits per heavy atom. The maximum Gasteiger partial charge on any atom is 0.348 e. The number of piperazine rings is 1. The van der Waals surface area contributed by atoms with Crippen LogP contribution in [0.25, 0.3) is 10.2 Å². The van der Waals surface area contributed by atoms with Gasteiger partial charge < -0.3 is 14.5 Å². The Balaban J connectivity index is 2.03. The van der Waals surface area contributed by atoms with E-state index >= 15 is 0 Å². The molecule has 0 radical (unpaired) electrons. The van der Waals surface area contributed by atoms with Gasteiger partial charge in [-0.05, 0) is 19.4 Å². The van der Waals surface area contributed by atoms with E-state index in [9.17, 15) is 9.59 Å². The number of hydrogen-bond acceptors (Lipinski definition) is 7. The van der Waals surface area contributed by atoms with Gasteiger partial charge in [-0.3, -0.25) is 4.79 Å². The summed E-state index contributed by atoms with van der Waals surface area (Å²) in [4.78, 5) is 37.9. The fourth-order valence-corrected chi connectivity index (χ4v) is 4.11. The van der Waals surface area contributed by atoms with Crippen LogP contribution in [-0.2, 0) is 9.53 Å². The summed E-state index contributed by atoms with van der Waals surface area (Å²) in [5, 5.41) is 0.905. The maximum atomic E-state index is 12.0. The molecule has 0 aliphatic carbocycles. The highest BCUT2D eigenvalue weighted by atomic mass is 32.1. The highest BCUT2D eigenvalue weighted by Crippen LogP contribution is 2.36. The van der Waals surface area contributed by atoms with Gasteiger partial charge in [-0.25, -0.2) is 14.8 Å². The fourth-order valence-electron chi connectivity index (χ4n) is 2.97. The van der Waals surface area contributed by atoms with Gasteiger partial charge in [-0.2, -0.15) is 0 Å². The van der Waals surface area contributed by atoms with E-state index in [0.717, 1.165) is 21.6 Å². The molecular formula is C16H20N4O3S. The lowest BCUT2D eigenvalue weighted by atomic mass is 10.2. The normalized spacial score (nSPS) is 15.0. The number of nitrogens with zero attached hydrogens (tertiary/aromatic N) is 4. The van der Waals surface area contributed by atoms with Crippen LogP contribution in [0.15, 0.2) is 0 Å². The molecule has 2 aromatic heterocycles. The minimum Gasteiger partial charge on any atom is -0.465 e. The van der Waals surface area contributed by atoms with Gasteiger partial charge in [-0.15, -0.1) is 11.3 Å². The van der Waals surface area contributed by atoms with Gasteiger partial charge >= 0.3 is 5.97 Å². The number of fused-ring (bicyclic) bond motifs is 1. The average molecular weight is 348 g/mol. The minimum absolute atomic E-state index is 0.0957. The zero-order valence-corrected chi connectivity index (χ0v) is 15.1. The molecule has 0 saturated carbocycles. The number of aryl methyl sites for hydroxylation is 2. The minimum atomic E-state index is -0.347. The fraction of sp³-hybridized carbons (Fsp3) is 0.500. The number of amides is 1. The number of aromatic nitrogens is 2. The van der Waals surface area contributed by atoms with Crippen molar-refractivity contribution in [1.82, 2.24) is 14.9 Å². The third-order valence-electron chi connectivity index (χ3n) is 4.28. The summed E-state index contributed by atoms with van der Waals surface area (Å²) in [6, 6.07) is 0. The molecule has 8 heteroatoms. The number of thiophene rings is 1. The standard InChI is InChI=1S/C16H20N4O3S/c1-9-12-14(20-7-5-19(6-8-20)11(3)21)17-10(2)18-15(12)24-13(9)16(22)23-4/h5-8H2,1-4H3. The molecule has 0 spiro atoms. The molecule has 1 fully saturated rings. The van der Waals surface area contributed by atoms with E-state index in [-0.39, 0.29) is 11.9 Å². The van der Waals surface area contributed by atoms with Gasteiger partial charge in [0.05, 0.1) is 12.5 Å². The van der Waals surface area contributed by atoms with Gasteiger partial charge in [-0.1, -0.05) is 0 Å². The molecule has 1 saturated heterocycles. The maximum absolute atomic E-state index is 12.0. The number of ether oxygens (including phenoxy) is 1. The molecule has 3 rings (SSSR count). The molecule has 7 nitrogen and oxygen atoms in total. The van der Waals surface area contributed by atoms with E-state index in [1.807, 2.05) is 18.7 Å². The second-order valence-corrected chi connectivity index (χ2v) is 6.81. The van der Waals surface area contributed by atoms with E-state index in [1.165, 1.54) is 18.4 Å². The van der Waals surface area contributed by atoms with Crippen molar-refractivity contribution in [2.45, 2.75) is 20.8 Å². The van der Waals surface area contributed by atoms with Crippen LogP contribution in [0.4, 0.5) is 5.82 Å². The number of esters is 1. The molecule has 0 aromatic carbocycles. The summed E-state index contributed by atoms with van der Waals surface area (Å²) in [7, 11) is 1.38. The number of rotatable bonds is 2. The summed E-state index contributed by atoms with van der Waals surface area (Å²) >= 11 is 1.34. The largest absolute Gasteiger partial charge is 0.465 e. The van der Waals surface area contributed by atoms with Gasteiger partial charge in [0, 0.05) is 33.1 Å². The predicted molar refractivity (Wildman–Crippen MR) is 92.7 cm³/mol.